The summed E-state index contributed by atoms with van der Waals surface area (Å²) in [5.41, 5.74) is 2.99. The number of aliphatic hydroxyl groups is 1. The Kier molecular flexibility index (Phi) is 4.49. The Morgan fingerprint density at radius 3 is 2.40 bits per heavy atom. The molecule has 1 unspecified atom stereocenters. The fourth-order valence-corrected chi connectivity index (χ4v) is 2.44. The first-order valence-corrected chi connectivity index (χ1v) is 7.09. The molecule has 2 rings (SSSR count). The maximum absolute atomic E-state index is 10.2. The summed E-state index contributed by atoms with van der Waals surface area (Å²) in [4.78, 5) is 1.44. The summed E-state index contributed by atoms with van der Waals surface area (Å²) in [7, 11) is 1.74. The van der Waals surface area contributed by atoms with Gasteiger partial charge in [-0.1, -0.05) is 20.8 Å². The summed E-state index contributed by atoms with van der Waals surface area (Å²) in [5.74, 6) is 0.630. The van der Waals surface area contributed by atoms with Crippen molar-refractivity contribution < 1.29 is 5.11 Å². The quantitative estimate of drug-likeness (QED) is 0.853. The molecule has 0 amide bonds. The van der Waals surface area contributed by atoms with Crippen molar-refractivity contribution in [1.29, 1.82) is 0 Å². The molecule has 0 aliphatic rings. The minimum Gasteiger partial charge on any atom is -0.388 e. The van der Waals surface area contributed by atoms with E-state index in [1.165, 1.54) is 4.80 Å². The van der Waals surface area contributed by atoms with Gasteiger partial charge in [0.25, 0.3) is 0 Å². The lowest BCUT2D eigenvalue weighted by atomic mass is 10.0. The van der Waals surface area contributed by atoms with Gasteiger partial charge in [0.1, 0.15) is 6.54 Å². The van der Waals surface area contributed by atoms with E-state index in [0.717, 1.165) is 29.8 Å². The average molecular weight is 278 g/mol. The highest BCUT2D eigenvalue weighted by Crippen LogP contribution is 2.26. The highest BCUT2D eigenvalue weighted by atomic mass is 16.3. The first-order chi connectivity index (χ1) is 9.60. The van der Waals surface area contributed by atoms with Crippen molar-refractivity contribution in [3.63, 3.8) is 0 Å². The molecule has 1 atom stereocenters. The van der Waals surface area contributed by atoms with Crippen LogP contribution in [0.5, 0.6) is 0 Å². The van der Waals surface area contributed by atoms with Crippen LogP contribution in [0.2, 0.25) is 0 Å². The molecule has 0 aliphatic heterocycles. The zero-order valence-corrected chi connectivity index (χ0v) is 12.5. The van der Waals surface area contributed by atoms with E-state index in [4.69, 9.17) is 0 Å². The van der Waals surface area contributed by atoms with Gasteiger partial charge in [-0.05, 0) is 24.5 Å². The fourth-order valence-electron chi connectivity index (χ4n) is 2.44. The number of hydrogen-bond acceptors (Lipinski definition) is 5. The van der Waals surface area contributed by atoms with Gasteiger partial charge >= 0.3 is 0 Å². The molecule has 2 heterocycles. The van der Waals surface area contributed by atoms with Crippen LogP contribution in [0.1, 0.15) is 56.1 Å². The molecule has 20 heavy (non-hydrogen) atoms. The summed E-state index contributed by atoms with van der Waals surface area (Å²) in [5, 5.41) is 26.9. The lowest BCUT2D eigenvalue weighted by molar-refractivity contribution is 0.171. The lowest BCUT2D eigenvalue weighted by Gasteiger charge is -2.11. The molecule has 2 aromatic rings. The van der Waals surface area contributed by atoms with Crippen molar-refractivity contribution in [3.05, 3.63) is 22.8 Å². The highest BCUT2D eigenvalue weighted by Gasteiger charge is 2.21. The second-order valence-electron chi connectivity index (χ2n) is 4.79. The van der Waals surface area contributed by atoms with Crippen LogP contribution in [0, 0.1) is 0 Å². The topological polar surface area (TPSA) is 81.7 Å². The van der Waals surface area contributed by atoms with E-state index in [-0.39, 0.29) is 0 Å². The summed E-state index contributed by atoms with van der Waals surface area (Å²) in [6, 6.07) is 0. The fraction of sp³-hybridized carbons (Fsp3) is 0.692. The Morgan fingerprint density at radius 2 is 1.90 bits per heavy atom. The van der Waals surface area contributed by atoms with Crippen LogP contribution in [0.25, 0.3) is 0 Å². The van der Waals surface area contributed by atoms with E-state index in [0.29, 0.717) is 18.8 Å². The molecule has 7 heteroatoms. The van der Waals surface area contributed by atoms with Gasteiger partial charge in [0.2, 0.25) is 0 Å². The standard InChI is InChI=1S/C13H22N6O/c1-5-9-13(11(20)7-3)10(6-2)19(15-9)8-12-14-17-18(4)16-12/h11,20H,5-8H2,1-4H3. The van der Waals surface area contributed by atoms with Crippen LogP contribution in [0.3, 0.4) is 0 Å². The van der Waals surface area contributed by atoms with E-state index < -0.39 is 6.10 Å². The van der Waals surface area contributed by atoms with Crippen molar-refractivity contribution in [3.8, 4) is 0 Å². The Labute approximate surface area is 118 Å². The van der Waals surface area contributed by atoms with E-state index in [9.17, 15) is 5.11 Å². The van der Waals surface area contributed by atoms with Crippen molar-refractivity contribution in [2.45, 2.75) is 52.7 Å². The van der Waals surface area contributed by atoms with Crippen LogP contribution in [-0.2, 0) is 26.4 Å². The minimum atomic E-state index is -0.455. The Bertz CT molecular complexity index is 573. The van der Waals surface area contributed by atoms with Crippen molar-refractivity contribution in [2.75, 3.05) is 0 Å². The summed E-state index contributed by atoms with van der Waals surface area (Å²) in [6.45, 7) is 6.59. The van der Waals surface area contributed by atoms with Gasteiger partial charge in [-0.25, -0.2) is 0 Å². The third-order valence-corrected chi connectivity index (χ3v) is 3.41. The van der Waals surface area contributed by atoms with E-state index in [1.54, 1.807) is 7.05 Å². The van der Waals surface area contributed by atoms with Crippen LogP contribution >= 0.6 is 0 Å². The van der Waals surface area contributed by atoms with Gasteiger partial charge in [0.15, 0.2) is 5.82 Å². The molecule has 7 nitrogen and oxygen atoms in total. The van der Waals surface area contributed by atoms with E-state index >= 15 is 0 Å². The highest BCUT2D eigenvalue weighted by molar-refractivity contribution is 5.29. The van der Waals surface area contributed by atoms with Crippen molar-refractivity contribution in [2.24, 2.45) is 7.05 Å². The molecule has 110 valence electrons. The molecular weight excluding hydrogens is 256 g/mol. The first kappa shape index (κ1) is 14.6. The Morgan fingerprint density at radius 1 is 1.15 bits per heavy atom. The van der Waals surface area contributed by atoms with Gasteiger partial charge < -0.3 is 5.11 Å². The predicted molar refractivity (Wildman–Crippen MR) is 74.1 cm³/mol. The lowest BCUT2D eigenvalue weighted by Crippen LogP contribution is -2.09. The SMILES string of the molecule is CCc1nn(Cc2nnn(C)n2)c(CC)c1C(O)CC. The monoisotopic (exact) mass is 278 g/mol. The summed E-state index contributed by atoms with van der Waals surface area (Å²) >= 11 is 0. The zero-order chi connectivity index (χ0) is 14.7. The molecule has 0 saturated heterocycles. The predicted octanol–water partition coefficient (Wildman–Crippen LogP) is 1.02. The molecule has 0 aromatic carbocycles. The van der Waals surface area contributed by atoms with Gasteiger partial charge in [-0.3, -0.25) is 4.68 Å². The summed E-state index contributed by atoms with van der Waals surface area (Å²) < 4.78 is 1.89. The van der Waals surface area contributed by atoms with Crippen molar-refractivity contribution >= 4 is 0 Å². The number of aryl methyl sites for hydroxylation is 2. The molecule has 2 aromatic heterocycles. The second kappa shape index (κ2) is 6.13. The molecule has 0 fully saturated rings. The molecule has 0 saturated carbocycles. The van der Waals surface area contributed by atoms with Crippen LogP contribution in [0.15, 0.2) is 0 Å². The second-order valence-corrected chi connectivity index (χ2v) is 4.79. The maximum Gasteiger partial charge on any atom is 0.196 e. The minimum absolute atomic E-state index is 0.455. The molecule has 0 aliphatic carbocycles. The Balaban J connectivity index is 2.40. The number of aliphatic hydroxyl groups excluding tert-OH is 1. The van der Waals surface area contributed by atoms with E-state index in [2.05, 4.69) is 34.4 Å². The normalized spacial score (nSPS) is 12.8. The average Bonchev–Trinajstić information content (AvgIpc) is 3.01. The molecule has 0 radical (unpaired) electrons. The number of nitrogens with zero attached hydrogens (tertiary/aromatic N) is 6. The van der Waals surface area contributed by atoms with E-state index in [1.807, 2.05) is 11.6 Å². The maximum atomic E-state index is 10.2. The number of aromatic nitrogens is 6. The van der Waals surface area contributed by atoms with Crippen LogP contribution < -0.4 is 0 Å². The summed E-state index contributed by atoms with van der Waals surface area (Å²) in [6.07, 6.45) is 1.86. The number of tetrazole rings is 1. The molecule has 1 N–H and O–H groups in total. The van der Waals surface area contributed by atoms with Crippen molar-refractivity contribution in [1.82, 2.24) is 30.0 Å². The molecular formula is C13H22N6O. The van der Waals surface area contributed by atoms with Gasteiger partial charge in [0, 0.05) is 11.3 Å². The number of hydrogen-bond donors (Lipinski definition) is 1. The van der Waals surface area contributed by atoms with Crippen LogP contribution in [0.4, 0.5) is 0 Å². The zero-order valence-electron chi connectivity index (χ0n) is 12.5. The van der Waals surface area contributed by atoms with Gasteiger partial charge in [0.05, 0.1) is 18.8 Å². The Hall–Kier alpha value is -1.76. The molecule has 0 spiro atoms. The smallest absolute Gasteiger partial charge is 0.196 e. The third kappa shape index (κ3) is 2.72. The van der Waals surface area contributed by atoms with Gasteiger partial charge in [-0.15, -0.1) is 10.2 Å². The third-order valence-electron chi connectivity index (χ3n) is 3.41. The van der Waals surface area contributed by atoms with Crippen LogP contribution in [-0.4, -0.2) is 35.1 Å². The largest absolute Gasteiger partial charge is 0.388 e. The first-order valence-electron chi connectivity index (χ1n) is 7.09. The number of rotatable bonds is 6. The molecule has 0 bridgehead atoms. The van der Waals surface area contributed by atoms with Gasteiger partial charge in [-0.2, -0.15) is 9.90 Å².